The van der Waals surface area contributed by atoms with Crippen LogP contribution in [0.15, 0.2) is 83.3 Å². The Labute approximate surface area is 175 Å². The van der Waals surface area contributed by atoms with E-state index in [1.807, 2.05) is 48.5 Å². The van der Waals surface area contributed by atoms with Crippen LogP contribution in [-0.4, -0.2) is 16.8 Å². The summed E-state index contributed by atoms with van der Waals surface area (Å²) in [4.78, 5) is 29.5. The van der Waals surface area contributed by atoms with Gasteiger partial charge in [-0.1, -0.05) is 58.4 Å². The first kappa shape index (κ1) is 18.8. The van der Waals surface area contributed by atoms with Gasteiger partial charge >= 0.3 is 0 Å². The van der Waals surface area contributed by atoms with Crippen molar-refractivity contribution in [1.29, 1.82) is 0 Å². The largest absolute Gasteiger partial charge is 0.366 e. The molecule has 0 aliphatic rings. The Morgan fingerprint density at radius 2 is 1.55 bits per heavy atom. The van der Waals surface area contributed by atoms with Gasteiger partial charge in [0.05, 0.1) is 28.0 Å². The molecule has 0 spiro atoms. The van der Waals surface area contributed by atoms with E-state index < -0.39 is 5.91 Å². The lowest BCUT2D eigenvalue weighted by atomic mass is 10.0. The molecule has 0 radical (unpaired) electrons. The lowest BCUT2D eigenvalue weighted by molar-refractivity contribution is 0.100. The number of carbonyl (C=O) groups excluding carboxylic acids is 2. The monoisotopic (exact) mass is 445 g/mol. The van der Waals surface area contributed by atoms with E-state index in [0.29, 0.717) is 22.5 Å². The molecular weight excluding hydrogens is 430 g/mol. The second-order valence-electron chi connectivity index (χ2n) is 6.44. The summed E-state index contributed by atoms with van der Waals surface area (Å²) in [6.07, 6.45) is 0. The van der Waals surface area contributed by atoms with Gasteiger partial charge < -0.3 is 11.1 Å². The third kappa shape index (κ3) is 3.88. The van der Waals surface area contributed by atoms with Gasteiger partial charge in [-0.3, -0.25) is 9.59 Å². The number of halogens is 1. The zero-order chi connectivity index (χ0) is 20.4. The fourth-order valence-corrected chi connectivity index (χ4v) is 3.39. The van der Waals surface area contributed by atoms with E-state index in [1.165, 1.54) is 0 Å². The molecule has 5 nitrogen and oxygen atoms in total. The number of carbonyl (C=O) groups is 2. The van der Waals surface area contributed by atoms with Gasteiger partial charge in [0.15, 0.2) is 0 Å². The van der Waals surface area contributed by atoms with Crippen LogP contribution in [0.25, 0.3) is 22.2 Å². The minimum absolute atomic E-state index is 0.257. The molecule has 29 heavy (non-hydrogen) atoms. The lowest BCUT2D eigenvalue weighted by Crippen LogP contribution is -2.18. The standard InChI is InChI=1S/C23H16BrN3O2/c24-15-11-9-14(10-12-15)21-13-18(16-5-1-3-7-19(16)26-21)23(29)27-20-8-4-2-6-17(20)22(25)28/h1-13H,(H2,25,28)(H,27,29). The molecule has 4 aromatic rings. The quantitative estimate of drug-likeness (QED) is 0.462. The van der Waals surface area contributed by atoms with Gasteiger partial charge in [-0.2, -0.15) is 0 Å². The Kier molecular flexibility index (Phi) is 5.10. The molecule has 3 N–H and O–H groups in total. The first-order chi connectivity index (χ1) is 14.0. The van der Waals surface area contributed by atoms with Crippen LogP contribution in [0.4, 0.5) is 5.69 Å². The van der Waals surface area contributed by atoms with E-state index in [9.17, 15) is 9.59 Å². The Morgan fingerprint density at radius 3 is 2.31 bits per heavy atom. The average Bonchev–Trinajstić information content (AvgIpc) is 2.73. The molecule has 0 saturated carbocycles. The SMILES string of the molecule is NC(=O)c1ccccc1NC(=O)c1cc(-c2ccc(Br)cc2)nc2ccccc12. The average molecular weight is 446 g/mol. The third-order valence-electron chi connectivity index (χ3n) is 4.54. The van der Waals surface area contributed by atoms with Crippen molar-refractivity contribution in [1.82, 2.24) is 4.98 Å². The number of nitrogens with zero attached hydrogens (tertiary/aromatic N) is 1. The number of primary amides is 1. The van der Waals surface area contributed by atoms with E-state index >= 15 is 0 Å². The molecule has 0 saturated heterocycles. The van der Waals surface area contributed by atoms with Crippen molar-refractivity contribution in [2.45, 2.75) is 0 Å². The molecule has 0 atom stereocenters. The normalized spacial score (nSPS) is 10.7. The highest BCUT2D eigenvalue weighted by molar-refractivity contribution is 9.10. The number of para-hydroxylation sites is 2. The van der Waals surface area contributed by atoms with Crippen molar-refractivity contribution >= 4 is 44.3 Å². The van der Waals surface area contributed by atoms with Crippen LogP contribution >= 0.6 is 15.9 Å². The van der Waals surface area contributed by atoms with Gasteiger partial charge in [-0.05, 0) is 36.4 Å². The maximum atomic E-state index is 13.1. The van der Waals surface area contributed by atoms with Gasteiger partial charge in [0, 0.05) is 15.4 Å². The van der Waals surface area contributed by atoms with Gasteiger partial charge in [0.1, 0.15) is 0 Å². The van der Waals surface area contributed by atoms with E-state index in [2.05, 4.69) is 21.2 Å². The summed E-state index contributed by atoms with van der Waals surface area (Å²) in [5, 5.41) is 3.54. The van der Waals surface area contributed by atoms with Crippen LogP contribution in [0.1, 0.15) is 20.7 Å². The minimum Gasteiger partial charge on any atom is -0.366 e. The summed E-state index contributed by atoms with van der Waals surface area (Å²) in [6, 6.07) is 23.6. The number of nitrogens with one attached hydrogen (secondary N) is 1. The first-order valence-corrected chi connectivity index (χ1v) is 9.68. The van der Waals surface area contributed by atoms with Crippen molar-refractivity contribution in [2.75, 3.05) is 5.32 Å². The maximum absolute atomic E-state index is 13.1. The van der Waals surface area contributed by atoms with Crippen LogP contribution in [0.2, 0.25) is 0 Å². The Balaban J connectivity index is 1.81. The molecule has 0 bridgehead atoms. The third-order valence-corrected chi connectivity index (χ3v) is 5.07. The fourth-order valence-electron chi connectivity index (χ4n) is 3.13. The Bertz CT molecular complexity index is 1240. The number of benzene rings is 3. The summed E-state index contributed by atoms with van der Waals surface area (Å²) in [6.45, 7) is 0. The van der Waals surface area contributed by atoms with Crippen LogP contribution < -0.4 is 11.1 Å². The predicted molar refractivity (Wildman–Crippen MR) is 118 cm³/mol. The van der Waals surface area contributed by atoms with Crippen molar-refractivity contribution in [2.24, 2.45) is 5.73 Å². The van der Waals surface area contributed by atoms with Crippen LogP contribution in [-0.2, 0) is 0 Å². The number of amides is 2. The predicted octanol–water partition coefficient (Wildman–Crippen LogP) is 5.02. The Hall–Kier alpha value is -3.51. The summed E-state index contributed by atoms with van der Waals surface area (Å²) in [5.74, 6) is -0.938. The van der Waals surface area contributed by atoms with Gasteiger partial charge in [-0.15, -0.1) is 0 Å². The molecule has 6 heteroatoms. The Morgan fingerprint density at radius 1 is 0.862 bits per heavy atom. The van der Waals surface area contributed by atoms with Gasteiger partial charge in [-0.25, -0.2) is 4.98 Å². The summed E-state index contributed by atoms with van der Waals surface area (Å²) >= 11 is 3.43. The van der Waals surface area contributed by atoms with Crippen LogP contribution in [0.5, 0.6) is 0 Å². The number of aromatic nitrogens is 1. The van der Waals surface area contributed by atoms with Crippen molar-refractivity contribution in [3.05, 3.63) is 94.5 Å². The highest BCUT2D eigenvalue weighted by Crippen LogP contribution is 2.27. The number of nitrogens with two attached hydrogens (primary N) is 1. The molecule has 1 heterocycles. The molecule has 3 aromatic carbocycles. The first-order valence-electron chi connectivity index (χ1n) is 8.89. The van der Waals surface area contributed by atoms with E-state index in [4.69, 9.17) is 10.7 Å². The smallest absolute Gasteiger partial charge is 0.256 e. The fraction of sp³-hybridized carbons (Fsp3) is 0. The molecule has 2 amide bonds. The summed E-state index contributed by atoms with van der Waals surface area (Å²) in [7, 11) is 0. The number of anilines is 1. The number of fused-ring (bicyclic) bond motifs is 1. The number of hydrogen-bond donors (Lipinski definition) is 2. The van der Waals surface area contributed by atoms with Gasteiger partial charge in [0.2, 0.25) is 0 Å². The molecule has 4 rings (SSSR count). The zero-order valence-electron chi connectivity index (χ0n) is 15.2. The molecule has 0 aliphatic carbocycles. The highest BCUT2D eigenvalue weighted by Gasteiger charge is 2.16. The van der Waals surface area contributed by atoms with E-state index in [1.54, 1.807) is 30.3 Å². The van der Waals surface area contributed by atoms with Gasteiger partial charge in [0.25, 0.3) is 11.8 Å². The molecular formula is C23H16BrN3O2. The minimum atomic E-state index is -0.601. The molecule has 142 valence electrons. The second-order valence-corrected chi connectivity index (χ2v) is 7.36. The number of hydrogen-bond acceptors (Lipinski definition) is 3. The highest BCUT2D eigenvalue weighted by atomic mass is 79.9. The summed E-state index contributed by atoms with van der Waals surface area (Å²) in [5.41, 5.74) is 8.81. The van der Waals surface area contributed by atoms with E-state index in [-0.39, 0.29) is 11.5 Å². The van der Waals surface area contributed by atoms with E-state index in [0.717, 1.165) is 15.4 Å². The van der Waals surface area contributed by atoms with Crippen LogP contribution in [0.3, 0.4) is 0 Å². The van der Waals surface area contributed by atoms with Crippen LogP contribution in [0, 0.1) is 0 Å². The zero-order valence-corrected chi connectivity index (χ0v) is 16.8. The number of pyridine rings is 1. The molecule has 1 aromatic heterocycles. The van der Waals surface area contributed by atoms with Crippen molar-refractivity contribution in [3.63, 3.8) is 0 Å². The molecule has 0 aliphatic heterocycles. The van der Waals surface area contributed by atoms with Crippen molar-refractivity contribution < 1.29 is 9.59 Å². The lowest BCUT2D eigenvalue weighted by Gasteiger charge is -2.12. The second kappa shape index (κ2) is 7.85. The number of rotatable bonds is 4. The molecule has 0 fully saturated rings. The topological polar surface area (TPSA) is 85.1 Å². The molecule has 0 unspecified atom stereocenters. The van der Waals surface area contributed by atoms with Crippen molar-refractivity contribution in [3.8, 4) is 11.3 Å². The maximum Gasteiger partial charge on any atom is 0.256 e. The summed E-state index contributed by atoms with van der Waals surface area (Å²) < 4.78 is 0.961.